The standard InChI is InChI=1S/C6HF9O4.C6H6F6O2.2FH/c7-4(8,9)1-5(10,11)19-3(17-1,2(16)18-15)6(12,13)14;1-4(2-7)13-3(5(8,9)10)6(11,12)14-4;;/h1H;3H,2H2,1H3;2*1H. The van der Waals surface area contributed by atoms with Crippen molar-refractivity contribution in [1.82, 2.24) is 0 Å². The first-order valence-electron chi connectivity index (χ1n) is 7.49. The molecule has 4 atom stereocenters. The third kappa shape index (κ3) is 7.09. The lowest BCUT2D eigenvalue weighted by Gasteiger charge is -2.24. The van der Waals surface area contributed by atoms with Gasteiger partial charge in [0.1, 0.15) is 6.67 Å². The fourth-order valence-electron chi connectivity index (χ4n) is 2.14. The molecule has 2 rings (SSSR count). The number of carbonyl (C=O) groups is 1. The van der Waals surface area contributed by atoms with E-state index in [4.69, 9.17) is 0 Å². The lowest BCUT2D eigenvalue weighted by Crippen LogP contribution is -2.54. The summed E-state index contributed by atoms with van der Waals surface area (Å²) in [5, 5.41) is 0. The van der Waals surface area contributed by atoms with Crippen molar-refractivity contribution in [2.45, 2.75) is 61.5 Å². The first kappa shape index (κ1) is 35.3. The maximum Gasteiger partial charge on any atom is 0.455 e. The summed E-state index contributed by atoms with van der Waals surface area (Å²) in [4.78, 5) is 12.5. The Kier molecular flexibility index (Phi) is 10.3. The molecule has 0 aromatic rings. The monoisotopic (exact) mass is 572 g/mol. The minimum Gasteiger partial charge on any atom is -0.326 e. The third-order valence-corrected chi connectivity index (χ3v) is 3.44. The Morgan fingerprint density at radius 2 is 1.17 bits per heavy atom. The second-order valence-electron chi connectivity index (χ2n) is 6.15. The molecule has 212 valence electrons. The van der Waals surface area contributed by atoms with Gasteiger partial charge in [-0.25, -0.2) is 14.1 Å². The first-order chi connectivity index (χ1) is 14.4. The number of hydrogen-bond donors (Lipinski definition) is 0. The lowest BCUT2D eigenvalue weighted by atomic mass is 10.3. The van der Waals surface area contributed by atoms with Crippen molar-refractivity contribution in [3.63, 3.8) is 0 Å². The van der Waals surface area contributed by atoms with Gasteiger partial charge in [-0.05, 0) is 6.92 Å². The number of carbonyl (C=O) groups excluding carboxylic acids is 1. The molecule has 6 nitrogen and oxygen atoms in total. The molecule has 35 heavy (non-hydrogen) atoms. The third-order valence-electron chi connectivity index (χ3n) is 3.44. The fraction of sp³-hybridized carbons (Fsp3) is 0.917. The van der Waals surface area contributed by atoms with Crippen molar-refractivity contribution >= 4 is 5.97 Å². The van der Waals surface area contributed by atoms with Crippen LogP contribution in [0.5, 0.6) is 0 Å². The van der Waals surface area contributed by atoms with E-state index in [0.717, 1.165) is 0 Å². The minimum absolute atomic E-state index is 0. The lowest BCUT2D eigenvalue weighted by molar-refractivity contribution is -0.372. The Morgan fingerprint density at radius 3 is 1.40 bits per heavy atom. The molecule has 0 aliphatic carbocycles. The van der Waals surface area contributed by atoms with Crippen LogP contribution in [-0.2, 0) is 28.7 Å². The highest BCUT2D eigenvalue weighted by atomic mass is 19.4. The summed E-state index contributed by atoms with van der Waals surface area (Å²) >= 11 is 0. The molecule has 23 heteroatoms. The second-order valence-corrected chi connectivity index (χ2v) is 6.15. The summed E-state index contributed by atoms with van der Waals surface area (Å²) in [5.41, 5.74) is 0. The van der Waals surface area contributed by atoms with Gasteiger partial charge in [-0.1, -0.05) is 0 Å². The highest BCUT2D eigenvalue weighted by Crippen LogP contribution is 2.52. The molecule has 2 fully saturated rings. The zero-order chi connectivity index (χ0) is 26.5. The molecule has 4 unspecified atom stereocenters. The van der Waals surface area contributed by atoms with Crippen LogP contribution in [0.2, 0.25) is 0 Å². The maximum absolute atomic E-state index is 12.7. The van der Waals surface area contributed by atoms with Crippen LogP contribution in [0.1, 0.15) is 6.92 Å². The van der Waals surface area contributed by atoms with Gasteiger partial charge in [-0.3, -0.25) is 18.9 Å². The van der Waals surface area contributed by atoms with Crippen molar-refractivity contribution in [3.8, 4) is 0 Å². The van der Waals surface area contributed by atoms with Crippen LogP contribution < -0.4 is 0 Å². The van der Waals surface area contributed by atoms with Crippen LogP contribution in [0.3, 0.4) is 0 Å². The van der Waals surface area contributed by atoms with Crippen molar-refractivity contribution in [2.75, 3.05) is 6.67 Å². The van der Waals surface area contributed by atoms with Gasteiger partial charge in [0.25, 0.3) is 0 Å². The van der Waals surface area contributed by atoms with E-state index in [2.05, 4.69) is 18.9 Å². The summed E-state index contributed by atoms with van der Waals surface area (Å²) in [6, 6.07) is 0. The number of halogens is 17. The SMILES string of the molecule is CC1(CF)OC(C(F)(F)F)C(F)(F)O1.F.F.O=C(OF)C1(C(F)(F)F)OC(C(F)(F)F)C(F)(F)O1. The zero-order valence-electron chi connectivity index (χ0n) is 15.8. The molecule has 0 saturated carbocycles. The van der Waals surface area contributed by atoms with Gasteiger partial charge in [-0.2, -0.15) is 57.1 Å². The molecule has 0 amide bonds. The number of ether oxygens (including phenoxy) is 4. The zero-order valence-corrected chi connectivity index (χ0v) is 15.8. The highest BCUT2D eigenvalue weighted by molar-refractivity contribution is 5.78. The number of rotatable bonds is 2. The predicted molar refractivity (Wildman–Crippen MR) is 69.3 cm³/mol. The summed E-state index contributed by atoms with van der Waals surface area (Å²) < 4.78 is 196. The molecule has 0 radical (unpaired) electrons. The molecule has 2 heterocycles. The molecule has 0 spiro atoms. The first-order valence-corrected chi connectivity index (χ1v) is 7.49. The summed E-state index contributed by atoms with van der Waals surface area (Å²) in [7, 11) is 0. The average molecular weight is 572 g/mol. The normalized spacial score (nSPS) is 32.0. The van der Waals surface area contributed by atoms with Gasteiger partial charge in [0.05, 0.1) is 0 Å². The molecule has 0 bridgehead atoms. The van der Waals surface area contributed by atoms with Gasteiger partial charge < -0.3 is 9.47 Å². The molecule has 2 saturated heterocycles. The van der Waals surface area contributed by atoms with Crippen molar-refractivity contribution in [1.29, 1.82) is 0 Å². The van der Waals surface area contributed by atoms with Crippen LogP contribution in [0.15, 0.2) is 0 Å². The smallest absolute Gasteiger partial charge is 0.326 e. The van der Waals surface area contributed by atoms with Crippen LogP contribution in [0, 0.1) is 0 Å². The molecular formula is C12H9F17O6. The van der Waals surface area contributed by atoms with Crippen molar-refractivity contribution < 1.29 is 104 Å². The van der Waals surface area contributed by atoms with E-state index in [0.29, 0.717) is 6.92 Å². The summed E-state index contributed by atoms with van der Waals surface area (Å²) in [6.07, 6.45) is -35.5. The van der Waals surface area contributed by atoms with E-state index >= 15 is 0 Å². The fourth-order valence-corrected chi connectivity index (χ4v) is 2.14. The summed E-state index contributed by atoms with van der Waals surface area (Å²) in [5.74, 6) is -11.0. The van der Waals surface area contributed by atoms with Crippen LogP contribution in [0.25, 0.3) is 0 Å². The Bertz CT molecular complexity index is 720. The minimum atomic E-state index is -6.24. The van der Waals surface area contributed by atoms with Crippen LogP contribution in [0.4, 0.5) is 75.4 Å². The van der Waals surface area contributed by atoms with Gasteiger partial charge >= 0.3 is 42.5 Å². The van der Waals surface area contributed by atoms with Gasteiger partial charge in [0, 0.05) is 4.53 Å². The Balaban J connectivity index is 0. The van der Waals surface area contributed by atoms with E-state index in [1.165, 1.54) is 0 Å². The molecule has 0 aromatic heterocycles. The number of alkyl halides is 14. The molecule has 0 N–H and O–H groups in total. The molecule has 2 aliphatic rings. The Labute approximate surface area is 179 Å². The quantitative estimate of drug-likeness (QED) is 0.444. The molecule has 0 aromatic carbocycles. The Hall–Kier alpha value is -1.88. The number of hydrogen-bond acceptors (Lipinski definition) is 6. The van der Waals surface area contributed by atoms with Crippen LogP contribution in [-0.4, -0.2) is 67.2 Å². The highest BCUT2D eigenvalue weighted by Gasteiger charge is 2.81. The second kappa shape index (κ2) is 10.2. The average Bonchev–Trinajstić information content (AvgIpc) is 3.04. The van der Waals surface area contributed by atoms with E-state index in [-0.39, 0.29) is 9.41 Å². The van der Waals surface area contributed by atoms with E-state index in [9.17, 15) is 70.8 Å². The summed E-state index contributed by atoms with van der Waals surface area (Å²) in [6.45, 7) is -0.915. The van der Waals surface area contributed by atoms with Crippen molar-refractivity contribution in [3.05, 3.63) is 0 Å². The molecule has 2 aliphatic heterocycles. The largest absolute Gasteiger partial charge is 0.455 e. The van der Waals surface area contributed by atoms with Crippen molar-refractivity contribution in [2.24, 2.45) is 0 Å². The van der Waals surface area contributed by atoms with E-state index in [1.807, 2.05) is 4.94 Å². The van der Waals surface area contributed by atoms with Crippen LogP contribution >= 0.6 is 0 Å². The maximum atomic E-state index is 12.7. The Morgan fingerprint density at radius 1 is 0.800 bits per heavy atom. The topological polar surface area (TPSA) is 63.2 Å². The van der Waals surface area contributed by atoms with E-state index in [1.54, 1.807) is 0 Å². The molecular weight excluding hydrogens is 563 g/mol. The predicted octanol–water partition coefficient (Wildman–Crippen LogP) is 4.79. The van der Waals surface area contributed by atoms with E-state index < -0.39 is 67.2 Å². The van der Waals surface area contributed by atoms with Gasteiger partial charge in [0.2, 0.25) is 18.0 Å². The van der Waals surface area contributed by atoms with Gasteiger partial charge in [0.15, 0.2) is 0 Å². The van der Waals surface area contributed by atoms with Gasteiger partial charge in [-0.15, -0.1) is 0 Å².